The third kappa shape index (κ3) is 3.81. The van der Waals surface area contributed by atoms with Gasteiger partial charge in [-0.1, -0.05) is 18.2 Å². The van der Waals surface area contributed by atoms with Gasteiger partial charge in [-0.05, 0) is 33.8 Å². The van der Waals surface area contributed by atoms with E-state index >= 15 is 0 Å². The van der Waals surface area contributed by atoms with Gasteiger partial charge in [0.2, 0.25) is 0 Å². The number of esters is 1. The third-order valence-corrected chi connectivity index (χ3v) is 4.17. The van der Waals surface area contributed by atoms with E-state index < -0.39 is 11.6 Å². The lowest BCUT2D eigenvalue weighted by molar-refractivity contribution is -0.00364. The number of carbonyl (C=O) groups is 2. The molecule has 7 nitrogen and oxygen atoms in total. The summed E-state index contributed by atoms with van der Waals surface area (Å²) in [6.45, 7) is 9.54. The molecule has 0 radical (unpaired) electrons. The zero-order valence-corrected chi connectivity index (χ0v) is 15.7. The molecule has 0 unspecified atom stereocenters. The molecule has 0 N–H and O–H groups in total. The van der Waals surface area contributed by atoms with E-state index in [1.54, 1.807) is 11.8 Å². The Kier molecular flexibility index (Phi) is 4.89. The minimum Gasteiger partial charge on any atom is -0.461 e. The second-order valence-corrected chi connectivity index (χ2v) is 7.52. The zero-order chi connectivity index (χ0) is 18.9. The summed E-state index contributed by atoms with van der Waals surface area (Å²) in [5.74, 6) is -0.132. The maximum absolute atomic E-state index is 12.1. The molecule has 7 heteroatoms. The third-order valence-electron chi connectivity index (χ3n) is 4.17. The lowest BCUT2D eigenvalue weighted by Crippen LogP contribution is -2.52. The van der Waals surface area contributed by atoms with Gasteiger partial charge in [-0.2, -0.15) is 5.10 Å². The molecule has 1 saturated heterocycles. The molecule has 1 aromatic carbocycles. The number of ether oxygens (including phenoxy) is 2. The van der Waals surface area contributed by atoms with Crippen molar-refractivity contribution in [2.75, 3.05) is 19.7 Å². The number of amides is 1. The smallest absolute Gasteiger partial charge is 0.410 e. The van der Waals surface area contributed by atoms with Crippen molar-refractivity contribution < 1.29 is 19.1 Å². The van der Waals surface area contributed by atoms with Gasteiger partial charge in [-0.3, -0.25) is 4.68 Å². The van der Waals surface area contributed by atoms with Gasteiger partial charge in [-0.15, -0.1) is 0 Å². The fourth-order valence-corrected chi connectivity index (χ4v) is 3.02. The number of rotatable bonds is 4. The lowest BCUT2D eigenvalue weighted by Gasteiger charge is -2.39. The Labute approximate surface area is 152 Å². The number of nitrogens with zero attached hydrogens (tertiary/aromatic N) is 3. The first-order valence-corrected chi connectivity index (χ1v) is 8.89. The van der Waals surface area contributed by atoms with Gasteiger partial charge in [0.05, 0.1) is 12.1 Å². The van der Waals surface area contributed by atoms with Gasteiger partial charge in [-0.25, -0.2) is 9.59 Å². The highest BCUT2D eigenvalue weighted by Crippen LogP contribution is 2.24. The van der Waals surface area contributed by atoms with Crippen LogP contribution in [0, 0.1) is 5.92 Å². The molecule has 26 heavy (non-hydrogen) atoms. The van der Waals surface area contributed by atoms with Gasteiger partial charge in [0.15, 0.2) is 5.69 Å². The quantitative estimate of drug-likeness (QED) is 0.785. The summed E-state index contributed by atoms with van der Waals surface area (Å²) < 4.78 is 12.3. The second-order valence-electron chi connectivity index (χ2n) is 7.52. The molecule has 1 aliphatic heterocycles. The van der Waals surface area contributed by atoms with Crippen LogP contribution in [-0.2, 0) is 16.0 Å². The summed E-state index contributed by atoms with van der Waals surface area (Å²) in [5.41, 5.74) is 0.742. The van der Waals surface area contributed by atoms with Crippen LogP contribution in [0.25, 0.3) is 10.9 Å². The van der Waals surface area contributed by atoms with Gasteiger partial charge >= 0.3 is 12.1 Å². The monoisotopic (exact) mass is 359 g/mol. The van der Waals surface area contributed by atoms with E-state index in [0.29, 0.717) is 31.9 Å². The molecular formula is C19H25N3O4. The number of likely N-dealkylation sites (tertiary alicyclic amines) is 1. The second kappa shape index (κ2) is 6.97. The van der Waals surface area contributed by atoms with E-state index in [9.17, 15) is 9.59 Å². The van der Waals surface area contributed by atoms with E-state index in [4.69, 9.17) is 9.47 Å². The molecule has 1 amide bonds. The molecule has 0 aliphatic carbocycles. The number of para-hydroxylation sites is 1. The van der Waals surface area contributed by atoms with E-state index in [1.165, 1.54) is 0 Å². The minimum atomic E-state index is -0.491. The topological polar surface area (TPSA) is 73.7 Å². The molecule has 0 saturated carbocycles. The number of fused-ring (bicyclic) bond motifs is 1. The van der Waals surface area contributed by atoms with Crippen molar-refractivity contribution in [1.82, 2.24) is 14.7 Å². The van der Waals surface area contributed by atoms with Crippen LogP contribution in [0.15, 0.2) is 24.3 Å². The fourth-order valence-electron chi connectivity index (χ4n) is 3.02. The summed E-state index contributed by atoms with van der Waals surface area (Å²) in [7, 11) is 0. The highest BCUT2D eigenvalue weighted by Gasteiger charge is 2.34. The first kappa shape index (κ1) is 18.2. The number of carbonyl (C=O) groups excluding carboxylic acids is 2. The van der Waals surface area contributed by atoms with Gasteiger partial charge < -0.3 is 14.4 Å². The molecule has 2 aromatic rings. The zero-order valence-electron chi connectivity index (χ0n) is 15.7. The van der Waals surface area contributed by atoms with E-state index in [2.05, 4.69) is 5.10 Å². The van der Waals surface area contributed by atoms with Crippen LogP contribution in [0.1, 0.15) is 38.2 Å². The Morgan fingerprint density at radius 3 is 2.58 bits per heavy atom. The maximum Gasteiger partial charge on any atom is 0.410 e. The van der Waals surface area contributed by atoms with E-state index in [-0.39, 0.29) is 12.0 Å². The lowest BCUT2D eigenvalue weighted by atomic mass is 10.0. The Morgan fingerprint density at radius 1 is 1.23 bits per heavy atom. The molecular weight excluding hydrogens is 334 g/mol. The first-order valence-electron chi connectivity index (χ1n) is 8.89. The summed E-state index contributed by atoms with van der Waals surface area (Å²) >= 11 is 0. The number of hydrogen-bond acceptors (Lipinski definition) is 5. The van der Waals surface area contributed by atoms with Crippen molar-refractivity contribution in [1.29, 1.82) is 0 Å². The van der Waals surface area contributed by atoms with Crippen LogP contribution in [0.2, 0.25) is 0 Å². The number of aromatic nitrogens is 2. The van der Waals surface area contributed by atoms with Gasteiger partial charge in [0.25, 0.3) is 0 Å². The van der Waals surface area contributed by atoms with E-state index in [1.807, 2.05) is 49.7 Å². The Bertz CT molecular complexity index is 816. The molecule has 1 fully saturated rings. The van der Waals surface area contributed by atoms with Crippen molar-refractivity contribution in [3.8, 4) is 0 Å². The summed E-state index contributed by atoms with van der Waals surface area (Å²) in [6, 6.07) is 7.61. The highest BCUT2D eigenvalue weighted by atomic mass is 16.6. The standard InChI is InChI=1S/C19H25N3O4/c1-5-25-17(23)16-14-8-6-7-9-15(14)22(20-16)12-13-10-21(11-13)18(24)26-19(2,3)4/h6-9,13H,5,10-12H2,1-4H3. The van der Waals surface area contributed by atoms with Crippen molar-refractivity contribution >= 4 is 23.0 Å². The predicted octanol–water partition coefficient (Wildman–Crippen LogP) is 3.08. The molecule has 1 aliphatic rings. The average molecular weight is 359 g/mol. The molecule has 3 rings (SSSR count). The number of benzene rings is 1. The minimum absolute atomic E-state index is 0.279. The van der Waals surface area contributed by atoms with Crippen LogP contribution < -0.4 is 0 Å². The van der Waals surface area contributed by atoms with Crippen LogP contribution in [-0.4, -0.2) is 52.0 Å². The van der Waals surface area contributed by atoms with Gasteiger partial charge in [0.1, 0.15) is 5.60 Å². The van der Waals surface area contributed by atoms with Crippen molar-refractivity contribution in [3.05, 3.63) is 30.0 Å². The SMILES string of the molecule is CCOC(=O)c1nn(CC2CN(C(=O)OC(C)(C)C)C2)c2ccccc12. The number of hydrogen-bond donors (Lipinski definition) is 0. The molecule has 0 spiro atoms. The predicted molar refractivity (Wildman–Crippen MR) is 97.0 cm³/mol. The largest absolute Gasteiger partial charge is 0.461 e. The Morgan fingerprint density at radius 2 is 1.92 bits per heavy atom. The normalized spacial score (nSPS) is 15.0. The summed E-state index contributed by atoms with van der Waals surface area (Å²) in [4.78, 5) is 25.9. The van der Waals surface area contributed by atoms with Crippen molar-refractivity contribution in [2.24, 2.45) is 5.92 Å². The Hall–Kier alpha value is -2.57. The summed E-state index contributed by atoms with van der Waals surface area (Å²) in [6.07, 6.45) is -0.286. The molecule has 140 valence electrons. The van der Waals surface area contributed by atoms with Crippen LogP contribution in [0.5, 0.6) is 0 Å². The Balaban J connectivity index is 1.69. The van der Waals surface area contributed by atoms with Gasteiger partial charge in [0, 0.05) is 30.9 Å². The molecule has 1 aromatic heterocycles. The van der Waals surface area contributed by atoms with Crippen molar-refractivity contribution in [3.63, 3.8) is 0 Å². The maximum atomic E-state index is 12.1. The molecule has 2 heterocycles. The van der Waals surface area contributed by atoms with Crippen LogP contribution >= 0.6 is 0 Å². The fraction of sp³-hybridized carbons (Fsp3) is 0.526. The molecule has 0 atom stereocenters. The van der Waals surface area contributed by atoms with Crippen LogP contribution in [0.3, 0.4) is 0 Å². The molecule has 0 bridgehead atoms. The van der Waals surface area contributed by atoms with E-state index in [0.717, 1.165) is 10.9 Å². The summed E-state index contributed by atoms with van der Waals surface area (Å²) in [5, 5.41) is 5.25. The highest BCUT2D eigenvalue weighted by molar-refractivity contribution is 6.02. The van der Waals surface area contributed by atoms with Crippen LogP contribution in [0.4, 0.5) is 4.79 Å². The van der Waals surface area contributed by atoms with Crippen molar-refractivity contribution in [2.45, 2.75) is 39.8 Å². The average Bonchev–Trinajstić information content (AvgIpc) is 2.88. The first-order chi connectivity index (χ1) is 12.3.